The molecule has 4 aromatic rings. The predicted octanol–water partition coefficient (Wildman–Crippen LogP) is 4.59. The third kappa shape index (κ3) is 3.82. The number of imidazole rings is 1. The summed E-state index contributed by atoms with van der Waals surface area (Å²) in [5, 5.41) is 7.75. The number of hydrogen-bond acceptors (Lipinski definition) is 5. The summed E-state index contributed by atoms with van der Waals surface area (Å²) in [4.78, 5) is 32.8. The van der Waals surface area contributed by atoms with E-state index in [2.05, 4.69) is 15.3 Å². The normalized spacial score (nSPS) is 13.6. The van der Waals surface area contributed by atoms with E-state index < -0.39 is 11.5 Å². The Hall–Kier alpha value is -3.36. The molecule has 2 aromatic heterocycles. The van der Waals surface area contributed by atoms with E-state index in [-0.39, 0.29) is 21.4 Å². The van der Waals surface area contributed by atoms with Crippen molar-refractivity contribution in [2.75, 3.05) is 23.3 Å². The van der Waals surface area contributed by atoms with Crippen LogP contribution in [0.15, 0.2) is 47.3 Å². The molecule has 1 amide bonds. The Labute approximate surface area is 205 Å². The number of para-hydroxylation sites is 1. The molecule has 0 spiro atoms. The van der Waals surface area contributed by atoms with E-state index in [0.29, 0.717) is 5.69 Å². The molecule has 1 N–H and O–H groups in total. The highest BCUT2D eigenvalue weighted by atomic mass is 35.5. The van der Waals surface area contributed by atoms with Gasteiger partial charge in [0, 0.05) is 26.2 Å². The number of rotatable bonds is 4. The number of benzene rings is 2. The molecule has 5 rings (SSSR count). The maximum Gasteiger partial charge on any atom is 0.276 e. The summed E-state index contributed by atoms with van der Waals surface area (Å²) >= 11 is 12.5. The summed E-state index contributed by atoms with van der Waals surface area (Å²) in [6.07, 6.45) is 2.17. The fraction of sp³-hybridized carbons (Fsp3) is 0.250. The number of halogens is 2. The fourth-order valence-electron chi connectivity index (χ4n) is 4.29. The number of anilines is 2. The number of carbonyl (C=O) groups excluding carboxylic acids is 1. The van der Waals surface area contributed by atoms with Crippen LogP contribution < -0.4 is 15.8 Å². The molecule has 8 nitrogen and oxygen atoms in total. The van der Waals surface area contributed by atoms with Crippen molar-refractivity contribution in [2.24, 2.45) is 7.05 Å². The van der Waals surface area contributed by atoms with Crippen molar-refractivity contribution >= 4 is 51.5 Å². The zero-order chi connectivity index (χ0) is 24.0. The van der Waals surface area contributed by atoms with Crippen molar-refractivity contribution in [3.05, 3.63) is 74.4 Å². The van der Waals surface area contributed by atoms with Crippen LogP contribution in [0.2, 0.25) is 10.0 Å². The Kier molecular flexibility index (Phi) is 5.79. The van der Waals surface area contributed by atoms with E-state index in [9.17, 15) is 9.59 Å². The Morgan fingerprint density at radius 3 is 2.41 bits per heavy atom. The molecule has 1 aliphatic heterocycles. The molecule has 34 heavy (non-hydrogen) atoms. The lowest BCUT2D eigenvalue weighted by molar-refractivity contribution is 0.102. The van der Waals surface area contributed by atoms with Gasteiger partial charge in [0.1, 0.15) is 22.7 Å². The SMILES string of the molecule is Cc1nc2c(N3CCCC3)c(NC(=O)c3ccc(=O)n(-c4c(Cl)cccc4Cl)n3)ccc2n1C. The zero-order valence-corrected chi connectivity index (χ0v) is 20.2. The second-order valence-corrected chi connectivity index (χ2v) is 9.05. The first-order chi connectivity index (χ1) is 16.3. The van der Waals surface area contributed by atoms with Crippen LogP contribution in [0, 0.1) is 6.92 Å². The Bertz CT molecular complexity index is 1470. The van der Waals surface area contributed by atoms with E-state index in [0.717, 1.165) is 53.2 Å². The van der Waals surface area contributed by atoms with Gasteiger partial charge in [0.25, 0.3) is 11.5 Å². The van der Waals surface area contributed by atoms with Gasteiger partial charge in [-0.05, 0) is 50.1 Å². The van der Waals surface area contributed by atoms with Crippen LogP contribution >= 0.6 is 23.2 Å². The lowest BCUT2D eigenvalue weighted by atomic mass is 10.2. The highest BCUT2D eigenvalue weighted by molar-refractivity contribution is 6.37. The van der Waals surface area contributed by atoms with E-state index in [1.807, 2.05) is 30.7 Å². The standard InChI is InChI=1S/C24H22Cl2N6O2/c1-14-27-21-19(30(14)2)10-8-17(23(21)31-12-3-4-13-31)28-24(34)18-9-11-20(33)32(29-18)22-15(25)6-5-7-16(22)26/h5-11H,3-4,12-13H2,1-2H3,(H,28,34). The van der Waals surface area contributed by atoms with Crippen LogP contribution in [-0.4, -0.2) is 38.3 Å². The molecule has 174 valence electrons. The van der Waals surface area contributed by atoms with Crippen molar-refractivity contribution in [1.82, 2.24) is 19.3 Å². The second kappa shape index (κ2) is 8.77. The molecule has 2 aromatic carbocycles. The van der Waals surface area contributed by atoms with Gasteiger partial charge in [0.2, 0.25) is 0 Å². The van der Waals surface area contributed by atoms with Crippen LogP contribution in [0.5, 0.6) is 0 Å². The van der Waals surface area contributed by atoms with Crippen molar-refractivity contribution in [3.63, 3.8) is 0 Å². The largest absolute Gasteiger partial charge is 0.368 e. The van der Waals surface area contributed by atoms with Gasteiger partial charge in [0.15, 0.2) is 0 Å². The first kappa shape index (κ1) is 22.4. The van der Waals surface area contributed by atoms with Crippen molar-refractivity contribution < 1.29 is 4.79 Å². The number of carbonyl (C=O) groups is 1. The molecule has 1 saturated heterocycles. The lowest BCUT2D eigenvalue weighted by Crippen LogP contribution is -2.26. The van der Waals surface area contributed by atoms with Crippen molar-refractivity contribution in [2.45, 2.75) is 19.8 Å². The molecule has 1 fully saturated rings. The number of fused-ring (bicyclic) bond motifs is 1. The lowest BCUT2D eigenvalue weighted by Gasteiger charge is -2.22. The highest BCUT2D eigenvalue weighted by Crippen LogP contribution is 2.36. The van der Waals surface area contributed by atoms with E-state index in [4.69, 9.17) is 28.2 Å². The van der Waals surface area contributed by atoms with Crippen molar-refractivity contribution in [1.29, 1.82) is 0 Å². The van der Waals surface area contributed by atoms with Gasteiger partial charge >= 0.3 is 0 Å². The number of nitrogens with one attached hydrogen (secondary N) is 1. The Morgan fingerprint density at radius 1 is 1.00 bits per heavy atom. The van der Waals surface area contributed by atoms with Crippen LogP contribution in [0.3, 0.4) is 0 Å². The fourth-order valence-corrected chi connectivity index (χ4v) is 4.85. The zero-order valence-electron chi connectivity index (χ0n) is 18.7. The maximum atomic E-state index is 13.3. The summed E-state index contributed by atoms with van der Waals surface area (Å²) in [6, 6.07) is 11.4. The molecule has 0 unspecified atom stereocenters. The molecule has 0 aliphatic carbocycles. The molecule has 0 bridgehead atoms. The Morgan fingerprint density at radius 2 is 1.71 bits per heavy atom. The first-order valence-corrected chi connectivity index (χ1v) is 11.7. The second-order valence-electron chi connectivity index (χ2n) is 8.23. The minimum Gasteiger partial charge on any atom is -0.368 e. The number of aromatic nitrogens is 4. The smallest absolute Gasteiger partial charge is 0.276 e. The monoisotopic (exact) mass is 496 g/mol. The topological polar surface area (TPSA) is 85.1 Å². The molecular weight excluding hydrogens is 475 g/mol. The van der Waals surface area contributed by atoms with Crippen LogP contribution in [0.25, 0.3) is 16.7 Å². The summed E-state index contributed by atoms with van der Waals surface area (Å²) in [5.74, 6) is 0.439. The van der Waals surface area contributed by atoms with E-state index >= 15 is 0 Å². The third-order valence-corrected chi connectivity index (χ3v) is 6.71. The van der Waals surface area contributed by atoms with Gasteiger partial charge < -0.3 is 14.8 Å². The van der Waals surface area contributed by atoms with Gasteiger partial charge in [-0.15, -0.1) is 0 Å². The number of nitrogens with zero attached hydrogens (tertiary/aromatic N) is 5. The van der Waals surface area contributed by atoms with Gasteiger partial charge in [-0.2, -0.15) is 9.78 Å². The quantitative estimate of drug-likeness (QED) is 0.446. The van der Waals surface area contributed by atoms with Crippen LogP contribution in [-0.2, 0) is 7.05 Å². The average molecular weight is 497 g/mol. The number of hydrogen-bond donors (Lipinski definition) is 1. The molecule has 3 heterocycles. The number of aryl methyl sites for hydroxylation is 2. The summed E-state index contributed by atoms with van der Waals surface area (Å²) < 4.78 is 3.08. The molecule has 0 radical (unpaired) electrons. The molecule has 0 saturated carbocycles. The van der Waals surface area contributed by atoms with Gasteiger partial charge in [-0.25, -0.2) is 4.98 Å². The highest BCUT2D eigenvalue weighted by Gasteiger charge is 2.23. The summed E-state index contributed by atoms with van der Waals surface area (Å²) in [7, 11) is 1.98. The minimum atomic E-state index is -0.454. The van der Waals surface area contributed by atoms with E-state index in [1.165, 1.54) is 12.1 Å². The van der Waals surface area contributed by atoms with Gasteiger partial charge in [-0.1, -0.05) is 29.3 Å². The van der Waals surface area contributed by atoms with Crippen molar-refractivity contribution in [3.8, 4) is 5.69 Å². The molecule has 0 atom stereocenters. The predicted molar refractivity (Wildman–Crippen MR) is 135 cm³/mol. The summed E-state index contributed by atoms with van der Waals surface area (Å²) in [5.41, 5.74) is 3.23. The molecule has 10 heteroatoms. The van der Waals surface area contributed by atoms with Gasteiger partial charge in [0.05, 0.1) is 26.9 Å². The average Bonchev–Trinajstić information content (AvgIpc) is 3.43. The summed E-state index contributed by atoms with van der Waals surface area (Å²) in [6.45, 7) is 3.75. The first-order valence-electron chi connectivity index (χ1n) is 10.9. The molecule has 1 aliphatic rings. The third-order valence-electron chi connectivity index (χ3n) is 6.10. The van der Waals surface area contributed by atoms with Crippen LogP contribution in [0.4, 0.5) is 11.4 Å². The van der Waals surface area contributed by atoms with E-state index in [1.54, 1.807) is 18.2 Å². The maximum absolute atomic E-state index is 13.3. The molecular formula is C24H22Cl2N6O2. The van der Waals surface area contributed by atoms with Crippen LogP contribution in [0.1, 0.15) is 29.2 Å². The van der Waals surface area contributed by atoms with Gasteiger partial charge in [-0.3, -0.25) is 9.59 Å². The Balaban J connectivity index is 1.56. The minimum absolute atomic E-state index is 0.0558. The number of amides is 1.